The van der Waals surface area contributed by atoms with E-state index in [-0.39, 0.29) is 24.5 Å². The lowest BCUT2D eigenvalue weighted by Gasteiger charge is -2.23. The maximum absolute atomic E-state index is 12.8. The predicted octanol–water partition coefficient (Wildman–Crippen LogP) is 4.19. The molecule has 0 radical (unpaired) electrons. The van der Waals surface area contributed by atoms with E-state index in [1.54, 1.807) is 0 Å². The Morgan fingerprint density at radius 2 is 1.62 bits per heavy atom. The number of amides is 1. The number of hydroxylamine groups is 2. The predicted molar refractivity (Wildman–Crippen MR) is 105 cm³/mol. The number of ether oxygens (including phenoxy) is 1. The molecule has 2 aliphatic carbocycles. The molecule has 6 nitrogen and oxygen atoms in total. The number of rotatable bonds is 3. The molecule has 1 heterocycles. The highest BCUT2D eigenvalue weighted by Crippen LogP contribution is 2.45. The number of carboxylic acid groups (broad SMARTS) is 1. The number of benzene rings is 2. The van der Waals surface area contributed by atoms with Crippen molar-refractivity contribution >= 4 is 12.1 Å². The number of hydrogen-bond donors (Lipinski definition) is 1. The molecule has 0 spiro atoms. The minimum Gasteiger partial charge on any atom is -0.480 e. The summed E-state index contributed by atoms with van der Waals surface area (Å²) in [7, 11) is 0. The molecule has 2 aromatic carbocycles. The third kappa shape index (κ3) is 2.99. The second-order valence-electron chi connectivity index (χ2n) is 8.01. The summed E-state index contributed by atoms with van der Waals surface area (Å²) in [5.41, 5.74) is 4.53. The molecule has 2 fully saturated rings. The highest BCUT2D eigenvalue weighted by atomic mass is 16.7. The standard InChI is InChI=1S/C23H23NO5/c25-22(26)21-18-11-5-6-12-20(18)29-24(21)23(27)28-13-19-16-9-3-1-7-14(16)15-8-2-4-10-17(15)19/h1-4,7-10,18-21H,5-6,11-13H2,(H,25,26). The molecule has 0 bridgehead atoms. The third-order valence-corrected chi connectivity index (χ3v) is 6.43. The Labute approximate surface area is 169 Å². The summed E-state index contributed by atoms with van der Waals surface area (Å²) >= 11 is 0. The van der Waals surface area contributed by atoms with Gasteiger partial charge in [0.15, 0.2) is 6.04 Å². The fourth-order valence-corrected chi connectivity index (χ4v) is 5.10. The largest absolute Gasteiger partial charge is 0.480 e. The smallest absolute Gasteiger partial charge is 0.434 e. The first-order valence-corrected chi connectivity index (χ1v) is 10.2. The van der Waals surface area contributed by atoms with Gasteiger partial charge in [-0.05, 0) is 35.1 Å². The Morgan fingerprint density at radius 1 is 1.00 bits per heavy atom. The minimum absolute atomic E-state index is 0.0699. The molecule has 5 rings (SSSR count). The van der Waals surface area contributed by atoms with Crippen molar-refractivity contribution in [3.63, 3.8) is 0 Å². The van der Waals surface area contributed by atoms with Gasteiger partial charge in [-0.3, -0.25) is 4.84 Å². The van der Waals surface area contributed by atoms with Crippen LogP contribution in [0, 0.1) is 5.92 Å². The molecular formula is C23H23NO5. The summed E-state index contributed by atoms with van der Waals surface area (Å²) < 4.78 is 5.61. The monoisotopic (exact) mass is 393 g/mol. The third-order valence-electron chi connectivity index (χ3n) is 6.43. The normalized spacial score (nSPS) is 25.2. The summed E-state index contributed by atoms with van der Waals surface area (Å²) in [5.74, 6) is -1.27. The van der Waals surface area contributed by atoms with Crippen molar-refractivity contribution < 1.29 is 24.3 Å². The summed E-state index contributed by atoms with van der Waals surface area (Å²) in [4.78, 5) is 30.4. The van der Waals surface area contributed by atoms with Crippen LogP contribution in [0.5, 0.6) is 0 Å². The van der Waals surface area contributed by atoms with Gasteiger partial charge in [0.2, 0.25) is 0 Å². The van der Waals surface area contributed by atoms with Crippen LogP contribution in [0.15, 0.2) is 48.5 Å². The Hall–Kier alpha value is -2.86. The number of hydrogen-bond acceptors (Lipinski definition) is 4. The summed E-state index contributed by atoms with van der Waals surface area (Å²) in [6.07, 6.45) is 2.56. The van der Waals surface area contributed by atoms with Gasteiger partial charge in [-0.15, -0.1) is 0 Å². The quantitative estimate of drug-likeness (QED) is 0.846. The zero-order valence-electron chi connectivity index (χ0n) is 16.0. The van der Waals surface area contributed by atoms with E-state index in [0.29, 0.717) is 0 Å². The van der Waals surface area contributed by atoms with Gasteiger partial charge >= 0.3 is 12.1 Å². The van der Waals surface area contributed by atoms with Crippen LogP contribution >= 0.6 is 0 Å². The summed E-state index contributed by atoms with van der Waals surface area (Å²) in [6.45, 7) is 0.147. The topological polar surface area (TPSA) is 76.1 Å². The lowest BCUT2D eigenvalue weighted by Crippen LogP contribution is -2.43. The van der Waals surface area contributed by atoms with Crippen molar-refractivity contribution in [2.45, 2.75) is 43.7 Å². The Balaban J connectivity index is 1.35. The van der Waals surface area contributed by atoms with Gasteiger partial charge in [0.1, 0.15) is 6.61 Å². The van der Waals surface area contributed by atoms with Crippen LogP contribution < -0.4 is 0 Å². The lowest BCUT2D eigenvalue weighted by atomic mass is 9.82. The summed E-state index contributed by atoms with van der Waals surface area (Å²) in [6, 6.07) is 15.2. The summed E-state index contributed by atoms with van der Waals surface area (Å²) in [5, 5.41) is 10.7. The van der Waals surface area contributed by atoms with E-state index in [0.717, 1.165) is 53.0 Å². The zero-order chi connectivity index (χ0) is 20.0. The maximum atomic E-state index is 12.8. The number of carbonyl (C=O) groups is 2. The number of nitrogens with zero attached hydrogens (tertiary/aromatic N) is 1. The molecule has 1 N–H and O–H groups in total. The van der Waals surface area contributed by atoms with Crippen LogP contribution in [0.3, 0.4) is 0 Å². The molecule has 150 valence electrons. The minimum atomic E-state index is -1.03. The van der Waals surface area contributed by atoms with Crippen LogP contribution in [0.1, 0.15) is 42.7 Å². The maximum Gasteiger partial charge on any atom is 0.434 e. The van der Waals surface area contributed by atoms with Crippen molar-refractivity contribution in [2.75, 3.05) is 6.61 Å². The fraction of sp³-hybridized carbons (Fsp3) is 0.391. The number of fused-ring (bicyclic) bond motifs is 4. The van der Waals surface area contributed by atoms with E-state index in [2.05, 4.69) is 24.3 Å². The van der Waals surface area contributed by atoms with Crippen molar-refractivity contribution in [2.24, 2.45) is 5.92 Å². The van der Waals surface area contributed by atoms with E-state index < -0.39 is 18.1 Å². The van der Waals surface area contributed by atoms with Gasteiger partial charge in [-0.1, -0.05) is 61.4 Å². The SMILES string of the molecule is O=C(O)C1C2CCCCC2ON1C(=O)OCC1c2ccccc2-c2ccccc21. The van der Waals surface area contributed by atoms with Crippen LogP contribution in [-0.2, 0) is 14.4 Å². The van der Waals surface area contributed by atoms with E-state index in [1.807, 2.05) is 24.3 Å². The van der Waals surface area contributed by atoms with Crippen LogP contribution in [0.4, 0.5) is 4.79 Å². The molecule has 2 aromatic rings. The molecule has 29 heavy (non-hydrogen) atoms. The number of carboxylic acids is 1. The molecule has 6 heteroatoms. The lowest BCUT2D eigenvalue weighted by molar-refractivity contribution is -0.165. The van der Waals surface area contributed by atoms with Gasteiger partial charge in [0.05, 0.1) is 6.10 Å². The zero-order valence-corrected chi connectivity index (χ0v) is 16.0. The van der Waals surface area contributed by atoms with Crippen molar-refractivity contribution in [3.8, 4) is 11.1 Å². The highest BCUT2D eigenvalue weighted by Gasteiger charge is 2.51. The Bertz CT molecular complexity index is 912. The van der Waals surface area contributed by atoms with E-state index in [1.165, 1.54) is 0 Å². The van der Waals surface area contributed by atoms with E-state index in [9.17, 15) is 14.7 Å². The number of carbonyl (C=O) groups excluding carboxylic acids is 1. The second-order valence-corrected chi connectivity index (χ2v) is 8.01. The average molecular weight is 393 g/mol. The molecule has 3 unspecified atom stereocenters. The van der Waals surface area contributed by atoms with E-state index in [4.69, 9.17) is 9.57 Å². The van der Waals surface area contributed by atoms with Gasteiger partial charge < -0.3 is 9.84 Å². The molecule has 0 aromatic heterocycles. The van der Waals surface area contributed by atoms with Gasteiger partial charge in [-0.25, -0.2) is 9.59 Å². The first-order chi connectivity index (χ1) is 14.1. The first-order valence-electron chi connectivity index (χ1n) is 10.2. The van der Waals surface area contributed by atoms with Gasteiger partial charge in [0.25, 0.3) is 0 Å². The Kier molecular flexibility index (Phi) is 4.51. The highest BCUT2D eigenvalue weighted by molar-refractivity contribution is 5.81. The first kappa shape index (κ1) is 18.2. The second kappa shape index (κ2) is 7.19. The molecule has 1 saturated carbocycles. The molecule has 1 saturated heterocycles. The molecule has 1 aliphatic heterocycles. The van der Waals surface area contributed by atoms with Crippen molar-refractivity contribution in [3.05, 3.63) is 59.7 Å². The van der Waals surface area contributed by atoms with Crippen LogP contribution in [-0.4, -0.2) is 41.0 Å². The van der Waals surface area contributed by atoms with Crippen LogP contribution in [0.2, 0.25) is 0 Å². The Morgan fingerprint density at radius 3 is 2.28 bits per heavy atom. The van der Waals surface area contributed by atoms with E-state index >= 15 is 0 Å². The van der Waals surface area contributed by atoms with Crippen molar-refractivity contribution in [1.82, 2.24) is 5.06 Å². The van der Waals surface area contributed by atoms with Gasteiger partial charge in [-0.2, -0.15) is 5.06 Å². The molecular weight excluding hydrogens is 370 g/mol. The average Bonchev–Trinajstić information content (AvgIpc) is 3.28. The van der Waals surface area contributed by atoms with Crippen molar-refractivity contribution in [1.29, 1.82) is 0 Å². The van der Waals surface area contributed by atoms with Gasteiger partial charge in [0, 0.05) is 11.8 Å². The number of aliphatic carboxylic acids is 1. The van der Waals surface area contributed by atoms with Crippen LogP contribution in [0.25, 0.3) is 11.1 Å². The molecule has 1 amide bonds. The fourth-order valence-electron chi connectivity index (χ4n) is 5.10. The molecule has 3 atom stereocenters. The molecule has 3 aliphatic rings.